The van der Waals surface area contributed by atoms with Crippen LogP contribution in [0.15, 0.2) is 42.5 Å². The van der Waals surface area contributed by atoms with Crippen LogP contribution in [0, 0.1) is 11.8 Å². The van der Waals surface area contributed by atoms with Gasteiger partial charge in [0.1, 0.15) is 5.60 Å². The molecule has 0 radical (unpaired) electrons. The Morgan fingerprint density at radius 1 is 1.31 bits per heavy atom. The van der Waals surface area contributed by atoms with Crippen molar-refractivity contribution in [2.24, 2.45) is 11.8 Å². The van der Waals surface area contributed by atoms with Crippen molar-refractivity contribution in [1.82, 2.24) is 10.2 Å². The number of rotatable bonds is 6. The minimum atomic E-state index is -0.685. The van der Waals surface area contributed by atoms with Gasteiger partial charge in [-0.3, -0.25) is 9.59 Å². The van der Waals surface area contributed by atoms with Crippen LogP contribution in [0.1, 0.15) is 32.3 Å². The minimum Gasteiger partial charge on any atom is -0.357 e. The Hall–Kier alpha value is -2.14. The average Bonchev–Trinajstić information content (AvgIpc) is 3.18. The number of benzene rings is 1. The molecule has 0 saturated carbocycles. The molecule has 5 nitrogen and oxygen atoms in total. The lowest BCUT2D eigenvalue weighted by Gasteiger charge is -2.29. The molecule has 0 aromatic heterocycles. The lowest BCUT2D eigenvalue weighted by Crippen LogP contribution is -2.48. The third-order valence-corrected chi connectivity index (χ3v) is 5.93. The zero-order valence-corrected chi connectivity index (χ0v) is 15.4. The van der Waals surface area contributed by atoms with Gasteiger partial charge in [-0.05, 0) is 18.9 Å². The number of nitrogens with one attached hydrogen (secondary N) is 1. The van der Waals surface area contributed by atoms with E-state index in [2.05, 4.69) is 12.2 Å². The monoisotopic (exact) mass is 354 g/mol. The van der Waals surface area contributed by atoms with E-state index in [4.69, 9.17) is 4.74 Å². The van der Waals surface area contributed by atoms with E-state index < -0.39 is 23.0 Å². The number of hydrogen-bond acceptors (Lipinski definition) is 3. The van der Waals surface area contributed by atoms with E-state index in [9.17, 15) is 9.59 Å². The Labute approximate surface area is 154 Å². The van der Waals surface area contributed by atoms with Crippen molar-refractivity contribution < 1.29 is 14.3 Å². The number of nitrogens with zero attached hydrogens (tertiary/aromatic N) is 1. The van der Waals surface area contributed by atoms with Crippen LogP contribution in [0.2, 0.25) is 0 Å². The van der Waals surface area contributed by atoms with E-state index in [1.807, 2.05) is 54.3 Å². The fourth-order valence-electron chi connectivity index (χ4n) is 4.69. The highest BCUT2D eigenvalue weighted by Crippen LogP contribution is 2.57. The fourth-order valence-corrected chi connectivity index (χ4v) is 4.69. The second kappa shape index (κ2) is 6.23. The molecule has 2 fully saturated rings. The fraction of sp³-hybridized carbons (Fsp3) is 0.524. The van der Waals surface area contributed by atoms with Crippen molar-refractivity contribution in [3.8, 4) is 0 Å². The maximum absolute atomic E-state index is 13.2. The maximum Gasteiger partial charge on any atom is 0.230 e. The quantitative estimate of drug-likeness (QED) is 0.630. The number of likely N-dealkylation sites (tertiary alicyclic amines) is 1. The number of carbonyl (C=O) groups is 2. The van der Waals surface area contributed by atoms with Gasteiger partial charge in [0.25, 0.3) is 0 Å². The molecule has 1 aromatic rings. The summed E-state index contributed by atoms with van der Waals surface area (Å²) in [6.45, 7) is 5.72. The molecule has 1 N–H and O–H groups in total. The second-order valence-electron chi connectivity index (χ2n) is 7.85. The summed E-state index contributed by atoms with van der Waals surface area (Å²) < 4.78 is 6.32. The molecular formula is C21H26N2O3. The van der Waals surface area contributed by atoms with Crippen LogP contribution in [0.25, 0.3) is 0 Å². The van der Waals surface area contributed by atoms with Crippen molar-refractivity contribution in [2.45, 2.75) is 44.4 Å². The van der Waals surface area contributed by atoms with Gasteiger partial charge >= 0.3 is 0 Å². The van der Waals surface area contributed by atoms with Gasteiger partial charge in [-0.2, -0.15) is 0 Å². The first-order chi connectivity index (χ1) is 12.5. The van der Waals surface area contributed by atoms with Crippen LogP contribution >= 0.6 is 0 Å². The van der Waals surface area contributed by atoms with E-state index in [-0.39, 0.29) is 11.8 Å². The van der Waals surface area contributed by atoms with Crippen molar-refractivity contribution in [3.05, 3.63) is 48.0 Å². The van der Waals surface area contributed by atoms with Gasteiger partial charge in [0.15, 0.2) is 0 Å². The molecule has 1 spiro atoms. The standard InChI is InChI=1S/C21H26N2O3/c1-3-4-12-22-18(24)16-17-19(25)23(13-15-8-6-5-7-9-15)14-21(17)11-10-20(16,2)26-21/h5-11,16-17H,3-4,12-14H2,1-2H3,(H,22,24). The number of ether oxygens (including phenoxy) is 1. The van der Waals surface area contributed by atoms with Gasteiger partial charge in [-0.15, -0.1) is 0 Å². The maximum atomic E-state index is 13.2. The predicted octanol–water partition coefficient (Wildman–Crippen LogP) is 2.27. The smallest absolute Gasteiger partial charge is 0.230 e. The first-order valence-corrected chi connectivity index (χ1v) is 9.50. The summed E-state index contributed by atoms with van der Waals surface area (Å²) >= 11 is 0. The molecule has 2 saturated heterocycles. The Morgan fingerprint density at radius 3 is 2.81 bits per heavy atom. The van der Waals surface area contributed by atoms with Crippen molar-refractivity contribution in [2.75, 3.05) is 13.1 Å². The van der Waals surface area contributed by atoms with Gasteiger partial charge in [0.2, 0.25) is 11.8 Å². The van der Waals surface area contributed by atoms with Crippen LogP contribution in [0.4, 0.5) is 0 Å². The molecule has 3 aliphatic rings. The SMILES string of the molecule is CCCCNC(=O)C1C2C(=O)N(Cc3ccccc3)CC23C=CC1(C)O3. The third kappa shape index (κ3) is 2.57. The highest BCUT2D eigenvalue weighted by molar-refractivity contribution is 5.93. The highest BCUT2D eigenvalue weighted by Gasteiger charge is 2.70. The Kier molecular flexibility index (Phi) is 4.14. The summed E-state index contributed by atoms with van der Waals surface area (Å²) in [5, 5.41) is 3.01. The van der Waals surface area contributed by atoms with Gasteiger partial charge in [-0.1, -0.05) is 55.8 Å². The Bertz CT molecular complexity index is 747. The molecule has 4 unspecified atom stereocenters. The second-order valence-corrected chi connectivity index (χ2v) is 7.85. The lowest BCUT2D eigenvalue weighted by molar-refractivity contribution is -0.139. The summed E-state index contributed by atoms with van der Waals surface area (Å²) in [6, 6.07) is 9.95. The molecule has 5 heteroatoms. The van der Waals surface area contributed by atoms with Gasteiger partial charge in [0, 0.05) is 13.1 Å². The summed E-state index contributed by atoms with van der Waals surface area (Å²) in [6.07, 6.45) is 5.95. The van der Waals surface area contributed by atoms with E-state index >= 15 is 0 Å². The molecule has 3 heterocycles. The zero-order valence-electron chi connectivity index (χ0n) is 15.4. The average molecular weight is 354 g/mol. The van der Waals surface area contributed by atoms with Crippen LogP contribution in [0.5, 0.6) is 0 Å². The molecule has 2 amide bonds. The van der Waals surface area contributed by atoms with E-state index in [0.717, 1.165) is 18.4 Å². The predicted molar refractivity (Wildman–Crippen MR) is 98.1 cm³/mol. The number of fused-ring (bicyclic) bond motifs is 1. The number of hydrogen-bond donors (Lipinski definition) is 1. The van der Waals surface area contributed by atoms with Gasteiger partial charge in [0.05, 0.1) is 24.0 Å². The summed E-state index contributed by atoms with van der Waals surface area (Å²) in [7, 11) is 0. The first-order valence-electron chi connectivity index (χ1n) is 9.50. The molecular weight excluding hydrogens is 328 g/mol. The van der Waals surface area contributed by atoms with Crippen molar-refractivity contribution >= 4 is 11.8 Å². The highest BCUT2D eigenvalue weighted by atomic mass is 16.5. The lowest BCUT2D eigenvalue weighted by atomic mass is 9.72. The molecule has 2 bridgehead atoms. The largest absolute Gasteiger partial charge is 0.357 e. The topological polar surface area (TPSA) is 58.6 Å². The van der Waals surface area contributed by atoms with Crippen molar-refractivity contribution in [3.63, 3.8) is 0 Å². The number of carbonyl (C=O) groups excluding carboxylic acids is 2. The number of amides is 2. The van der Waals surface area contributed by atoms with Crippen molar-refractivity contribution in [1.29, 1.82) is 0 Å². The van der Waals surface area contributed by atoms with Crippen LogP contribution < -0.4 is 5.32 Å². The van der Waals surface area contributed by atoms with Gasteiger partial charge < -0.3 is 15.0 Å². The molecule has 138 valence electrons. The van der Waals surface area contributed by atoms with Crippen LogP contribution in [-0.2, 0) is 20.9 Å². The molecule has 1 aromatic carbocycles. The first kappa shape index (κ1) is 17.3. The Balaban J connectivity index is 1.56. The zero-order chi connectivity index (χ0) is 18.4. The normalized spacial score (nSPS) is 34.4. The molecule has 3 aliphatic heterocycles. The summed E-state index contributed by atoms with van der Waals surface area (Å²) in [5.74, 6) is -0.926. The summed E-state index contributed by atoms with van der Waals surface area (Å²) in [5.41, 5.74) is -0.256. The molecule has 4 rings (SSSR count). The van der Waals surface area contributed by atoms with Crippen LogP contribution in [0.3, 0.4) is 0 Å². The molecule has 26 heavy (non-hydrogen) atoms. The van der Waals surface area contributed by atoms with Gasteiger partial charge in [-0.25, -0.2) is 0 Å². The van der Waals surface area contributed by atoms with E-state index in [1.165, 1.54) is 0 Å². The summed E-state index contributed by atoms with van der Waals surface area (Å²) in [4.78, 5) is 27.9. The minimum absolute atomic E-state index is 0.0255. The van der Waals surface area contributed by atoms with Crippen LogP contribution in [-0.4, -0.2) is 41.0 Å². The van der Waals surface area contributed by atoms with E-state index in [0.29, 0.717) is 19.6 Å². The molecule has 4 atom stereocenters. The number of unbranched alkanes of at least 4 members (excludes halogenated alkanes) is 1. The Morgan fingerprint density at radius 2 is 2.08 bits per heavy atom. The third-order valence-electron chi connectivity index (χ3n) is 5.93. The molecule has 0 aliphatic carbocycles. The van der Waals surface area contributed by atoms with E-state index in [1.54, 1.807) is 0 Å².